The van der Waals surface area contributed by atoms with Crippen LogP contribution in [0.15, 0.2) is 107 Å². The number of ether oxygens (including phenoxy) is 2. The summed E-state index contributed by atoms with van der Waals surface area (Å²) < 4.78 is 65.0. The summed E-state index contributed by atoms with van der Waals surface area (Å²) in [5.41, 5.74) is 3.75. The van der Waals surface area contributed by atoms with E-state index in [4.69, 9.17) is 9.47 Å². The predicted molar refractivity (Wildman–Crippen MR) is 207 cm³/mol. The van der Waals surface area contributed by atoms with Crippen LogP contribution in [0.4, 0.5) is 5.69 Å². The van der Waals surface area contributed by atoms with E-state index < -0.39 is 20.0 Å². The van der Waals surface area contributed by atoms with E-state index in [0.717, 1.165) is 11.1 Å². The highest BCUT2D eigenvalue weighted by atomic mass is 32.2. The second-order valence-electron chi connectivity index (χ2n) is 12.6. The van der Waals surface area contributed by atoms with Gasteiger partial charge >= 0.3 is 0 Å². The largest absolute Gasteiger partial charge is 0.379 e. The zero-order chi connectivity index (χ0) is 38.0. The van der Waals surface area contributed by atoms with Crippen LogP contribution in [0.1, 0.15) is 51.8 Å². The summed E-state index contributed by atoms with van der Waals surface area (Å²) in [7, 11) is -7.35. The molecule has 0 aromatic heterocycles. The summed E-state index contributed by atoms with van der Waals surface area (Å²) in [6, 6.07) is 27.2. The van der Waals surface area contributed by atoms with Gasteiger partial charge in [-0.25, -0.2) is 16.8 Å². The van der Waals surface area contributed by atoms with Gasteiger partial charge in [0, 0.05) is 43.7 Å². The van der Waals surface area contributed by atoms with Gasteiger partial charge in [-0.15, -0.1) is 0 Å². The van der Waals surface area contributed by atoms with Crippen LogP contribution < -0.4 is 5.32 Å². The van der Waals surface area contributed by atoms with Gasteiger partial charge in [0.05, 0.1) is 43.4 Å². The van der Waals surface area contributed by atoms with Gasteiger partial charge in [0.25, 0.3) is 0 Å². The fourth-order valence-electron chi connectivity index (χ4n) is 5.80. The second-order valence-corrected chi connectivity index (χ2v) is 16.4. The average molecular weight is 778 g/mol. The molecule has 4 aromatic rings. The van der Waals surface area contributed by atoms with Gasteiger partial charge < -0.3 is 14.8 Å². The monoisotopic (exact) mass is 777 g/mol. The third-order valence-corrected chi connectivity index (χ3v) is 12.7. The summed E-state index contributed by atoms with van der Waals surface area (Å²) in [6.07, 6.45) is 0.132. The van der Waals surface area contributed by atoms with E-state index in [2.05, 4.69) is 5.32 Å². The van der Waals surface area contributed by atoms with E-state index in [-0.39, 0.29) is 66.3 Å². The molecule has 1 amide bonds. The summed E-state index contributed by atoms with van der Waals surface area (Å²) >= 11 is 0. The maximum atomic E-state index is 12.9. The van der Waals surface area contributed by atoms with E-state index in [1.807, 2.05) is 19.1 Å². The molecule has 6 rings (SSSR count). The Hall–Kier alpha value is -4.57. The van der Waals surface area contributed by atoms with Crippen LogP contribution in [0.25, 0.3) is 0 Å². The molecule has 0 atom stereocenters. The van der Waals surface area contributed by atoms with Crippen molar-refractivity contribution in [3.05, 3.63) is 125 Å². The number of para-hydroxylation sites is 1. The molecule has 12 nitrogen and oxygen atoms in total. The van der Waals surface area contributed by atoms with Gasteiger partial charge in [-0.3, -0.25) is 14.4 Å². The number of aryl methyl sites for hydroxylation is 1. The molecule has 2 aliphatic rings. The van der Waals surface area contributed by atoms with Crippen LogP contribution in [-0.4, -0.2) is 95.5 Å². The van der Waals surface area contributed by atoms with Crippen molar-refractivity contribution in [2.24, 2.45) is 0 Å². The number of nitrogens with zero attached hydrogens (tertiary/aromatic N) is 2. The van der Waals surface area contributed by atoms with Gasteiger partial charge in [0.15, 0.2) is 11.6 Å². The topological polar surface area (TPSA) is 156 Å². The first-order valence-corrected chi connectivity index (χ1v) is 20.1. The molecule has 0 spiro atoms. The Labute approximate surface area is 318 Å². The molecule has 0 saturated carbocycles. The van der Waals surface area contributed by atoms with E-state index in [1.165, 1.54) is 21.6 Å². The van der Waals surface area contributed by atoms with Crippen molar-refractivity contribution in [3.8, 4) is 0 Å². The van der Waals surface area contributed by atoms with E-state index in [0.29, 0.717) is 56.2 Å². The zero-order valence-corrected chi connectivity index (χ0v) is 31.3. The fourth-order valence-corrected chi connectivity index (χ4v) is 8.99. The Kier molecular flexibility index (Phi) is 15.0. The quantitative estimate of drug-likeness (QED) is 0.203. The molecule has 2 heterocycles. The molecule has 1 N–H and O–H groups in total. The Morgan fingerprint density at radius 2 is 1.11 bits per heavy atom. The van der Waals surface area contributed by atoms with Crippen LogP contribution in [-0.2, 0) is 47.2 Å². The maximum absolute atomic E-state index is 12.9. The number of sulfonamides is 2. The number of ketones is 2. The van der Waals surface area contributed by atoms with Crippen molar-refractivity contribution in [2.45, 2.75) is 43.9 Å². The number of hydrogen-bond donors (Lipinski definition) is 1. The summed E-state index contributed by atoms with van der Waals surface area (Å²) in [5, 5.41) is 2.70. The van der Waals surface area contributed by atoms with Gasteiger partial charge in [-0.2, -0.15) is 8.61 Å². The third kappa shape index (κ3) is 10.8. The van der Waals surface area contributed by atoms with Crippen LogP contribution in [0.2, 0.25) is 0 Å². The van der Waals surface area contributed by atoms with Crippen molar-refractivity contribution >= 4 is 43.2 Å². The lowest BCUT2D eigenvalue weighted by Crippen LogP contribution is -2.41. The van der Waals surface area contributed by atoms with E-state index >= 15 is 0 Å². The molecule has 0 unspecified atom stereocenters. The minimum absolute atomic E-state index is 0. The molecule has 14 heteroatoms. The van der Waals surface area contributed by atoms with Gasteiger partial charge in [0.1, 0.15) is 4.90 Å². The summed E-state index contributed by atoms with van der Waals surface area (Å²) in [6.45, 7) is 6.17. The number of hydrogen-bond acceptors (Lipinski definition) is 9. The molecular formula is C40H47N3O9S2. The highest BCUT2D eigenvalue weighted by molar-refractivity contribution is 7.89. The predicted octanol–water partition coefficient (Wildman–Crippen LogP) is 5.17. The number of carbonyl (C=O) groups excluding carboxylic acids is 3. The number of amides is 1. The maximum Gasteiger partial charge on any atom is 0.245 e. The molecule has 2 aliphatic heterocycles. The first-order chi connectivity index (χ1) is 25.4. The van der Waals surface area contributed by atoms with Crippen molar-refractivity contribution in [3.63, 3.8) is 0 Å². The van der Waals surface area contributed by atoms with Crippen molar-refractivity contribution < 1.29 is 40.7 Å². The molecule has 0 radical (unpaired) electrons. The van der Waals surface area contributed by atoms with E-state index in [1.54, 1.807) is 78.9 Å². The number of anilines is 1. The molecule has 2 saturated heterocycles. The molecular weight excluding hydrogens is 731 g/mol. The minimum atomic E-state index is -3.73. The molecule has 2 fully saturated rings. The third-order valence-electron chi connectivity index (χ3n) is 8.76. The highest BCUT2D eigenvalue weighted by Gasteiger charge is 2.30. The standard InChI is InChI=1S/C20H22N2O5S.C19H21NO4S.CH4/c1-15(23)17-8-6-16(7-9-17)14-20(24)21-18-4-2-3-5-19(18)28(25,26)22-10-12-27-13-11-22;1-15-6-8-16(9-7-15)18(21)14-17-4-2-3-5-19(17)25(22,23)20-10-12-24-13-11-20;/h2-9H,10-14H2,1H3,(H,21,24);2-9H,10-14H2,1H3;1H4. The zero-order valence-electron chi connectivity index (χ0n) is 29.7. The smallest absolute Gasteiger partial charge is 0.245 e. The summed E-state index contributed by atoms with van der Waals surface area (Å²) in [4.78, 5) is 36.6. The Morgan fingerprint density at radius 3 is 1.67 bits per heavy atom. The lowest BCUT2D eigenvalue weighted by Gasteiger charge is -2.26. The normalized spacial score (nSPS) is 15.2. The molecule has 288 valence electrons. The molecule has 0 bridgehead atoms. The van der Waals surface area contributed by atoms with E-state index in [9.17, 15) is 31.2 Å². The Bertz CT molecular complexity index is 2130. The van der Waals surface area contributed by atoms with Gasteiger partial charge in [-0.05, 0) is 43.2 Å². The first kappa shape index (κ1) is 42.2. The van der Waals surface area contributed by atoms with Crippen LogP contribution in [0, 0.1) is 6.92 Å². The number of rotatable bonds is 11. The molecule has 0 aliphatic carbocycles. The number of nitrogens with one attached hydrogen (secondary N) is 1. The van der Waals surface area contributed by atoms with Gasteiger partial charge in [-0.1, -0.05) is 91.9 Å². The number of Topliss-reactive ketones (excluding diaryl/α,β-unsaturated/α-hetero) is 2. The van der Waals surface area contributed by atoms with Crippen molar-refractivity contribution in [1.29, 1.82) is 0 Å². The molecule has 54 heavy (non-hydrogen) atoms. The molecule has 4 aromatic carbocycles. The number of morpholine rings is 2. The number of carbonyl (C=O) groups is 3. The van der Waals surface area contributed by atoms with Gasteiger partial charge in [0.2, 0.25) is 26.0 Å². The lowest BCUT2D eigenvalue weighted by atomic mass is 10.0. The second kappa shape index (κ2) is 19.1. The first-order valence-electron chi connectivity index (χ1n) is 17.2. The van der Waals surface area contributed by atoms with Crippen molar-refractivity contribution in [2.75, 3.05) is 57.9 Å². The Balaban J connectivity index is 0.000000238. The van der Waals surface area contributed by atoms with Crippen LogP contribution >= 0.6 is 0 Å². The SMILES string of the molecule is C.CC(=O)c1ccc(CC(=O)Nc2ccccc2S(=O)(=O)N2CCOCC2)cc1.Cc1ccc(C(=O)Cc2ccccc2S(=O)(=O)N2CCOCC2)cc1. The number of benzene rings is 4. The average Bonchev–Trinajstić information content (AvgIpc) is 3.16. The minimum Gasteiger partial charge on any atom is -0.379 e. The lowest BCUT2D eigenvalue weighted by molar-refractivity contribution is -0.115. The highest BCUT2D eigenvalue weighted by Crippen LogP contribution is 2.26. The summed E-state index contributed by atoms with van der Waals surface area (Å²) in [5.74, 6) is -0.469. The fraction of sp³-hybridized carbons (Fsp3) is 0.325. The van der Waals surface area contributed by atoms with Crippen molar-refractivity contribution in [1.82, 2.24) is 8.61 Å². The van der Waals surface area contributed by atoms with Crippen LogP contribution in [0.3, 0.4) is 0 Å². The Morgan fingerprint density at radius 1 is 0.630 bits per heavy atom. The van der Waals surface area contributed by atoms with Crippen LogP contribution in [0.5, 0.6) is 0 Å².